The van der Waals surface area contributed by atoms with Crippen LogP contribution in [0.4, 0.5) is 0 Å². The van der Waals surface area contributed by atoms with E-state index in [-0.39, 0.29) is 36.2 Å². The molecule has 2 aliphatic rings. The minimum atomic E-state index is -0.202. The van der Waals surface area contributed by atoms with Crippen LogP contribution in [0, 0.1) is 5.92 Å². The number of rotatable bonds is 5. The monoisotopic (exact) mass is 319 g/mol. The fourth-order valence-electron chi connectivity index (χ4n) is 3.13. The van der Waals surface area contributed by atoms with Gasteiger partial charge in [-0.3, -0.25) is 9.59 Å². The van der Waals surface area contributed by atoms with Gasteiger partial charge in [-0.05, 0) is 19.3 Å². The van der Waals surface area contributed by atoms with E-state index in [2.05, 4.69) is 0 Å². The summed E-state index contributed by atoms with van der Waals surface area (Å²) in [6.07, 6.45) is 3.48. The molecular weight excluding hydrogens is 294 g/mol. The number of piperidine rings is 1. The van der Waals surface area contributed by atoms with Gasteiger partial charge in [0.05, 0.1) is 12.5 Å². The molecule has 0 aromatic heterocycles. The van der Waals surface area contributed by atoms with Crippen LogP contribution in [0.25, 0.3) is 0 Å². The third-order valence-corrected chi connectivity index (χ3v) is 4.31. The van der Waals surface area contributed by atoms with E-state index in [0.717, 1.165) is 25.8 Å². The second-order valence-electron chi connectivity index (χ2n) is 5.65. The molecule has 2 aliphatic heterocycles. The molecule has 2 unspecified atom stereocenters. The minimum absolute atomic E-state index is 0. The van der Waals surface area contributed by atoms with Gasteiger partial charge in [0.25, 0.3) is 0 Å². The SMILES string of the molecule is COCCN1CC(C(=O)N2CCCCC2CN)CC1=O.Cl. The number of carbonyl (C=O) groups excluding carboxylic acids is 2. The normalized spacial score (nSPS) is 25.9. The molecule has 0 aromatic rings. The second-order valence-corrected chi connectivity index (χ2v) is 5.65. The maximum atomic E-state index is 12.6. The van der Waals surface area contributed by atoms with E-state index in [1.54, 1.807) is 12.0 Å². The van der Waals surface area contributed by atoms with Gasteiger partial charge in [-0.2, -0.15) is 0 Å². The molecule has 2 N–H and O–H groups in total. The minimum Gasteiger partial charge on any atom is -0.383 e. The van der Waals surface area contributed by atoms with Crippen molar-refractivity contribution < 1.29 is 14.3 Å². The van der Waals surface area contributed by atoms with Crippen LogP contribution in [-0.4, -0.2) is 67.6 Å². The number of amides is 2. The summed E-state index contributed by atoms with van der Waals surface area (Å²) in [6.45, 7) is 2.90. The fraction of sp³-hybridized carbons (Fsp3) is 0.857. The largest absolute Gasteiger partial charge is 0.383 e. The summed E-state index contributed by atoms with van der Waals surface area (Å²) in [7, 11) is 1.61. The molecule has 0 aromatic carbocycles. The Morgan fingerprint density at radius 1 is 1.43 bits per heavy atom. The molecule has 0 saturated carbocycles. The molecule has 122 valence electrons. The lowest BCUT2D eigenvalue weighted by Gasteiger charge is -2.36. The first kappa shape index (κ1) is 18.2. The fourth-order valence-corrected chi connectivity index (χ4v) is 3.13. The second kappa shape index (κ2) is 8.56. The Hall–Kier alpha value is -0.850. The zero-order chi connectivity index (χ0) is 14.5. The first-order chi connectivity index (χ1) is 9.67. The number of hydrogen-bond acceptors (Lipinski definition) is 4. The van der Waals surface area contributed by atoms with Crippen molar-refractivity contribution in [2.45, 2.75) is 31.7 Å². The Balaban J connectivity index is 0.00000220. The van der Waals surface area contributed by atoms with Crippen molar-refractivity contribution in [1.29, 1.82) is 0 Å². The van der Waals surface area contributed by atoms with E-state index >= 15 is 0 Å². The highest BCUT2D eigenvalue weighted by Gasteiger charge is 2.38. The highest BCUT2D eigenvalue weighted by Crippen LogP contribution is 2.24. The van der Waals surface area contributed by atoms with Gasteiger partial charge in [0.1, 0.15) is 0 Å². The van der Waals surface area contributed by atoms with Crippen molar-refractivity contribution in [3.8, 4) is 0 Å². The van der Waals surface area contributed by atoms with Crippen LogP contribution in [0.3, 0.4) is 0 Å². The van der Waals surface area contributed by atoms with Gasteiger partial charge in [0.15, 0.2) is 0 Å². The zero-order valence-electron chi connectivity index (χ0n) is 12.6. The zero-order valence-corrected chi connectivity index (χ0v) is 13.4. The summed E-state index contributed by atoms with van der Waals surface area (Å²) in [5, 5.41) is 0. The van der Waals surface area contributed by atoms with Crippen LogP contribution in [-0.2, 0) is 14.3 Å². The third-order valence-electron chi connectivity index (χ3n) is 4.31. The Bertz CT molecular complexity index is 367. The van der Waals surface area contributed by atoms with E-state index in [4.69, 9.17) is 10.5 Å². The standard InChI is InChI=1S/C14H25N3O3.ClH/c1-20-7-6-16-10-11(8-13(16)18)14(19)17-5-3-2-4-12(17)9-15;/h11-12H,2-10,15H2,1H3;1H. The topological polar surface area (TPSA) is 75.9 Å². The Labute approximate surface area is 132 Å². The number of ether oxygens (including phenoxy) is 1. The molecule has 6 nitrogen and oxygen atoms in total. The highest BCUT2D eigenvalue weighted by molar-refractivity contribution is 5.89. The smallest absolute Gasteiger partial charge is 0.228 e. The molecule has 2 atom stereocenters. The van der Waals surface area contributed by atoms with Gasteiger partial charge in [0.2, 0.25) is 11.8 Å². The van der Waals surface area contributed by atoms with Gasteiger partial charge in [-0.25, -0.2) is 0 Å². The van der Waals surface area contributed by atoms with E-state index in [0.29, 0.717) is 32.7 Å². The van der Waals surface area contributed by atoms with Crippen molar-refractivity contribution >= 4 is 24.2 Å². The molecule has 0 aliphatic carbocycles. The molecule has 2 amide bonds. The maximum Gasteiger partial charge on any atom is 0.228 e. The number of methoxy groups -OCH3 is 1. The van der Waals surface area contributed by atoms with Gasteiger partial charge in [-0.1, -0.05) is 0 Å². The average Bonchev–Trinajstić information content (AvgIpc) is 2.85. The molecule has 7 heteroatoms. The first-order valence-electron chi connectivity index (χ1n) is 7.44. The molecule has 21 heavy (non-hydrogen) atoms. The Morgan fingerprint density at radius 3 is 2.86 bits per heavy atom. The lowest BCUT2D eigenvalue weighted by Crippen LogP contribution is -2.50. The van der Waals surface area contributed by atoms with E-state index < -0.39 is 0 Å². The van der Waals surface area contributed by atoms with E-state index in [1.807, 2.05) is 4.90 Å². The first-order valence-corrected chi connectivity index (χ1v) is 7.44. The lowest BCUT2D eigenvalue weighted by molar-refractivity contribution is -0.139. The van der Waals surface area contributed by atoms with Gasteiger partial charge >= 0.3 is 0 Å². The number of halogens is 1. The van der Waals surface area contributed by atoms with Crippen molar-refractivity contribution in [3.05, 3.63) is 0 Å². The van der Waals surface area contributed by atoms with Crippen LogP contribution in [0.1, 0.15) is 25.7 Å². The number of hydrogen-bond donors (Lipinski definition) is 1. The molecular formula is C14H26ClN3O3. The molecule has 2 fully saturated rings. The Kier molecular flexibility index (Phi) is 7.42. The molecule has 0 radical (unpaired) electrons. The van der Waals surface area contributed by atoms with E-state index in [9.17, 15) is 9.59 Å². The van der Waals surface area contributed by atoms with Crippen molar-refractivity contribution in [3.63, 3.8) is 0 Å². The average molecular weight is 320 g/mol. The van der Waals surface area contributed by atoms with Crippen LogP contribution in [0.2, 0.25) is 0 Å². The number of carbonyl (C=O) groups is 2. The summed E-state index contributed by atoms with van der Waals surface area (Å²) in [5.74, 6) is -0.0402. The quantitative estimate of drug-likeness (QED) is 0.788. The number of likely N-dealkylation sites (tertiary alicyclic amines) is 2. The van der Waals surface area contributed by atoms with Crippen LogP contribution in [0.15, 0.2) is 0 Å². The number of nitrogens with zero attached hydrogens (tertiary/aromatic N) is 2. The number of nitrogens with two attached hydrogens (primary N) is 1. The summed E-state index contributed by atoms with van der Waals surface area (Å²) in [6, 6.07) is 0.152. The van der Waals surface area contributed by atoms with Crippen molar-refractivity contribution in [2.24, 2.45) is 11.7 Å². The lowest BCUT2D eigenvalue weighted by atomic mass is 9.98. The third kappa shape index (κ3) is 4.31. The predicted molar refractivity (Wildman–Crippen MR) is 82.2 cm³/mol. The van der Waals surface area contributed by atoms with Gasteiger partial charge in [-0.15, -0.1) is 12.4 Å². The molecule has 0 spiro atoms. The van der Waals surface area contributed by atoms with Crippen molar-refractivity contribution in [2.75, 3.05) is 39.9 Å². The summed E-state index contributed by atoms with van der Waals surface area (Å²) in [5.41, 5.74) is 5.76. The maximum absolute atomic E-state index is 12.6. The van der Waals surface area contributed by atoms with Gasteiger partial charge < -0.3 is 20.3 Å². The van der Waals surface area contributed by atoms with Crippen LogP contribution < -0.4 is 5.73 Å². The molecule has 2 heterocycles. The summed E-state index contributed by atoms with van der Waals surface area (Å²) >= 11 is 0. The predicted octanol–water partition coefficient (Wildman–Crippen LogP) is 0.243. The van der Waals surface area contributed by atoms with Crippen molar-refractivity contribution in [1.82, 2.24) is 9.80 Å². The molecule has 2 rings (SSSR count). The Morgan fingerprint density at radius 2 is 2.19 bits per heavy atom. The molecule has 0 bridgehead atoms. The molecule has 2 saturated heterocycles. The summed E-state index contributed by atoms with van der Waals surface area (Å²) in [4.78, 5) is 28.1. The van der Waals surface area contributed by atoms with Crippen LogP contribution in [0.5, 0.6) is 0 Å². The van der Waals surface area contributed by atoms with Crippen LogP contribution >= 0.6 is 12.4 Å². The van der Waals surface area contributed by atoms with E-state index in [1.165, 1.54) is 0 Å². The van der Waals surface area contributed by atoms with Gasteiger partial charge in [0, 0.05) is 45.8 Å². The summed E-state index contributed by atoms with van der Waals surface area (Å²) < 4.78 is 4.99. The highest BCUT2D eigenvalue weighted by atomic mass is 35.5.